The molecule has 0 aromatic heterocycles. The molecule has 0 N–H and O–H groups in total. The van der Waals surface area contributed by atoms with Crippen LogP contribution in [0.3, 0.4) is 0 Å². The van der Waals surface area contributed by atoms with E-state index in [1.807, 2.05) is 0 Å². The molecule has 1 aliphatic heterocycles. The first-order chi connectivity index (χ1) is 10.1. The SMILES string of the molecule is CC1=C/COc2ccc(-c3ccc(C)cc3)cc2\C(C)=C\1. The molecule has 0 bridgehead atoms. The largest absolute Gasteiger partial charge is 0.489 e. The number of benzene rings is 2. The van der Waals surface area contributed by atoms with Gasteiger partial charge in [-0.05, 0) is 55.7 Å². The van der Waals surface area contributed by atoms with Gasteiger partial charge in [0.25, 0.3) is 0 Å². The lowest BCUT2D eigenvalue weighted by Crippen LogP contribution is -2.00. The zero-order valence-corrected chi connectivity index (χ0v) is 12.8. The summed E-state index contributed by atoms with van der Waals surface area (Å²) >= 11 is 0. The van der Waals surface area contributed by atoms with Gasteiger partial charge in [-0.1, -0.05) is 47.5 Å². The third kappa shape index (κ3) is 2.92. The fourth-order valence-corrected chi connectivity index (χ4v) is 2.63. The Labute approximate surface area is 126 Å². The lowest BCUT2D eigenvalue weighted by Gasteiger charge is -2.15. The number of fused-ring (bicyclic) bond motifs is 1. The van der Waals surface area contributed by atoms with Gasteiger partial charge >= 0.3 is 0 Å². The molecule has 1 aliphatic rings. The summed E-state index contributed by atoms with van der Waals surface area (Å²) in [6.45, 7) is 7.00. The van der Waals surface area contributed by atoms with Crippen LogP contribution in [0, 0.1) is 6.92 Å². The predicted molar refractivity (Wildman–Crippen MR) is 89.5 cm³/mol. The summed E-state index contributed by atoms with van der Waals surface area (Å²) in [5.74, 6) is 0.961. The minimum absolute atomic E-state index is 0.631. The molecule has 0 saturated heterocycles. The Kier molecular flexibility index (Phi) is 3.66. The van der Waals surface area contributed by atoms with Crippen LogP contribution in [0.1, 0.15) is 25.0 Å². The van der Waals surface area contributed by atoms with E-state index in [9.17, 15) is 0 Å². The monoisotopic (exact) mass is 276 g/mol. The van der Waals surface area contributed by atoms with Gasteiger partial charge in [0.15, 0.2) is 0 Å². The molecule has 0 radical (unpaired) electrons. The molecule has 0 saturated carbocycles. The number of aryl methyl sites for hydroxylation is 1. The molecule has 1 heterocycles. The van der Waals surface area contributed by atoms with Crippen LogP contribution < -0.4 is 4.74 Å². The Balaban J connectivity index is 2.08. The van der Waals surface area contributed by atoms with E-state index in [-0.39, 0.29) is 0 Å². The first-order valence-electron chi connectivity index (χ1n) is 7.33. The fraction of sp³-hybridized carbons (Fsp3) is 0.200. The molecule has 3 rings (SSSR count). The highest BCUT2D eigenvalue weighted by atomic mass is 16.5. The average molecular weight is 276 g/mol. The molecular weight excluding hydrogens is 256 g/mol. The summed E-state index contributed by atoms with van der Waals surface area (Å²) in [5, 5.41) is 0. The maximum Gasteiger partial charge on any atom is 0.127 e. The first kappa shape index (κ1) is 13.7. The Morgan fingerprint density at radius 3 is 2.33 bits per heavy atom. The highest BCUT2D eigenvalue weighted by Gasteiger charge is 2.10. The number of hydrogen-bond acceptors (Lipinski definition) is 1. The van der Waals surface area contributed by atoms with Gasteiger partial charge in [-0.3, -0.25) is 0 Å². The van der Waals surface area contributed by atoms with Gasteiger partial charge in [0, 0.05) is 5.56 Å². The van der Waals surface area contributed by atoms with Crippen LogP contribution in [-0.2, 0) is 0 Å². The fourth-order valence-electron chi connectivity index (χ4n) is 2.63. The molecule has 0 unspecified atom stereocenters. The standard InChI is InChI=1S/C20H20O/c1-14-4-6-17(7-5-14)18-8-9-20-19(13-18)16(3)12-15(2)10-11-21-20/h4-10,12-13H,11H2,1-3H3/b15-10-,16-12+. The van der Waals surface area contributed by atoms with Crippen molar-refractivity contribution in [2.75, 3.05) is 6.61 Å². The van der Waals surface area contributed by atoms with Crippen molar-refractivity contribution in [3.63, 3.8) is 0 Å². The van der Waals surface area contributed by atoms with Crippen molar-refractivity contribution in [1.29, 1.82) is 0 Å². The summed E-state index contributed by atoms with van der Waals surface area (Å²) in [7, 11) is 0. The van der Waals surface area contributed by atoms with Crippen LogP contribution >= 0.6 is 0 Å². The lowest BCUT2D eigenvalue weighted by atomic mass is 9.97. The van der Waals surface area contributed by atoms with Gasteiger partial charge in [-0.15, -0.1) is 0 Å². The van der Waals surface area contributed by atoms with Crippen LogP contribution in [0.5, 0.6) is 5.75 Å². The van der Waals surface area contributed by atoms with Crippen molar-refractivity contribution in [2.45, 2.75) is 20.8 Å². The number of rotatable bonds is 1. The van der Waals surface area contributed by atoms with Crippen molar-refractivity contribution in [3.8, 4) is 16.9 Å². The van der Waals surface area contributed by atoms with Crippen molar-refractivity contribution >= 4 is 5.57 Å². The van der Waals surface area contributed by atoms with Gasteiger partial charge in [0.1, 0.15) is 12.4 Å². The van der Waals surface area contributed by atoms with Gasteiger partial charge in [0.05, 0.1) is 0 Å². The molecule has 1 heteroatoms. The van der Waals surface area contributed by atoms with E-state index >= 15 is 0 Å². The molecule has 1 nitrogen and oxygen atoms in total. The van der Waals surface area contributed by atoms with Gasteiger partial charge in [-0.2, -0.15) is 0 Å². The van der Waals surface area contributed by atoms with E-state index in [4.69, 9.17) is 4.74 Å². The van der Waals surface area contributed by atoms with Crippen LogP contribution in [0.4, 0.5) is 0 Å². The molecule has 0 amide bonds. The molecule has 0 spiro atoms. The zero-order valence-electron chi connectivity index (χ0n) is 12.8. The van der Waals surface area contributed by atoms with E-state index in [2.05, 4.69) is 75.4 Å². The van der Waals surface area contributed by atoms with E-state index in [1.165, 1.54) is 33.4 Å². The highest BCUT2D eigenvalue weighted by molar-refractivity contribution is 5.77. The Morgan fingerprint density at radius 2 is 1.57 bits per heavy atom. The molecule has 106 valence electrons. The number of hydrogen-bond donors (Lipinski definition) is 0. The molecule has 2 aromatic rings. The Morgan fingerprint density at radius 1 is 0.857 bits per heavy atom. The molecule has 0 fully saturated rings. The van der Waals surface area contributed by atoms with Crippen LogP contribution in [-0.4, -0.2) is 6.61 Å². The second-order valence-corrected chi connectivity index (χ2v) is 5.66. The third-order valence-corrected chi connectivity index (χ3v) is 3.88. The molecule has 2 aromatic carbocycles. The Hall–Kier alpha value is -2.28. The maximum atomic E-state index is 5.86. The summed E-state index contributed by atoms with van der Waals surface area (Å²) in [6.07, 6.45) is 4.33. The van der Waals surface area contributed by atoms with E-state index in [0.29, 0.717) is 6.61 Å². The molecule has 21 heavy (non-hydrogen) atoms. The number of ether oxygens (including phenoxy) is 1. The van der Waals surface area contributed by atoms with Crippen LogP contribution in [0.15, 0.2) is 60.2 Å². The Bertz CT molecular complexity index is 718. The summed E-state index contributed by atoms with van der Waals surface area (Å²) in [4.78, 5) is 0. The third-order valence-electron chi connectivity index (χ3n) is 3.88. The van der Waals surface area contributed by atoms with Crippen LogP contribution in [0.2, 0.25) is 0 Å². The minimum Gasteiger partial charge on any atom is -0.489 e. The minimum atomic E-state index is 0.631. The summed E-state index contributed by atoms with van der Waals surface area (Å²) in [5.41, 5.74) is 7.43. The van der Waals surface area contributed by atoms with E-state index in [1.54, 1.807) is 0 Å². The molecule has 0 aliphatic carbocycles. The number of allylic oxidation sites excluding steroid dienone is 3. The lowest BCUT2D eigenvalue weighted by molar-refractivity contribution is 0.360. The van der Waals surface area contributed by atoms with Crippen molar-refractivity contribution in [2.24, 2.45) is 0 Å². The average Bonchev–Trinajstić information content (AvgIpc) is 2.47. The van der Waals surface area contributed by atoms with Gasteiger partial charge in [0.2, 0.25) is 0 Å². The second-order valence-electron chi connectivity index (χ2n) is 5.66. The first-order valence-corrected chi connectivity index (χ1v) is 7.33. The second kappa shape index (κ2) is 5.61. The van der Waals surface area contributed by atoms with Crippen molar-refractivity contribution < 1.29 is 4.74 Å². The normalized spacial score (nSPS) is 19.2. The van der Waals surface area contributed by atoms with Gasteiger partial charge in [-0.25, -0.2) is 0 Å². The van der Waals surface area contributed by atoms with E-state index in [0.717, 1.165) is 5.75 Å². The van der Waals surface area contributed by atoms with Crippen molar-refractivity contribution in [3.05, 3.63) is 71.3 Å². The summed E-state index contributed by atoms with van der Waals surface area (Å²) in [6, 6.07) is 15.1. The quantitative estimate of drug-likeness (QED) is 0.677. The van der Waals surface area contributed by atoms with E-state index < -0.39 is 0 Å². The smallest absolute Gasteiger partial charge is 0.127 e. The topological polar surface area (TPSA) is 9.23 Å². The molecular formula is C20H20O. The zero-order chi connectivity index (χ0) is 14.8. The highest BCUT2D eigenvalue weighted by Crippen LogP contribution is 2.33. The molecule has 0 atom stereocenters. The maximum absolute atomic E-state index is 5.86. The van der Waals surface area contributed by atoms with Crippen LogP contribution in [0.25, 0.3) is 16.7 Å². The summed E-state index contributed by atoms with van der Waals surface area (Å²) < 4.78 is 5.86. The van der Waals surface area contributed by atoms with Crippen molar-refractivity contribution in [1.82, 2.24) is 0 Å². The predicted octanol–water partition coefficient (Wildman–Crippen LogP) is 5.40. The van der Waals surface area contributed by atoms with Gasteiger partial charge < -0.3 is 4.74 Å².